The quantitative estimate of drug-likeness (QED) is 0.720. The molecule has 0 bridgehead atoms. The third-order valence-electron chi connectivity index (χ3n) is 4.36. The van der Waals surface area contributed by atoms with Gasteiger partial charge in [0.05, 0.1) is 5.75 Å². The molecule has 1 heterocycles. The van der Waals surface area contributed by atoms with Crippen LogP contribution in [0.15, 0.2) is 54.7 Å². The molecule has 0 saturated heterocycles. The van der Waals surface area contributed by atoms with Crippen LogP contribution < -0.4 is 4.72 Å². The van der Waals surface area contributed by atoms with Crippen LogP contribution in [0.4, 0.5) is 0 Å². The van der Waals surface area contributed by atoms with E-state index in [-0.39, 0.29) is 11.7 Å². The lowest BCUT2D eigenvalue weighted by Crippen LogP contribution is -2.30. The SMILES string of the molecule is CCS(=O)(=O)NCC(c1ccc(C)cc1)c1c[nH]c2ccccc12. The Morgan fingerprint density at radius 2 is 1.79 bits per heavy atom. The largest absolute Gasteiger partial charge is 0.361 e. The van der Waals surface area contributed by atoms with E-state index in [0.717, 1.165) is 22.0 Å². The molecule has 0 fully saturated rings. The number of sulfonamides is 1. The monoisotopic (exact) mass is 342 g/mol. The molecule has 2 aromatic carbocycles. The topological polar surface area (TPSA) is 62.0 Å². The fourth-order valence-corrected chi connectivity index (χ4v) is 3.53. The number of fused-ring (bicyclic) bond motifs is 1. The van der Waals surface area contributed by atoms with E-state index in [1.165, 1.54) is 5.56 Å². The number of benzene rings is 2. The molecule has 126 valence electrons. The molecule has 1 aromatic heterocycles. The van der Waals surface area contributed by atoms with Gasteiger partial charge in [0.1, 0.15) is 0 Å². The van der Waals surface area contributed by atoms with Crippen molar-refractivity contribution in [3.05, 3.63) is 71.4 Å². The average molecular weight is 342 g/mol. The summed E-state index contributed by atoms with van der Waals surface area (Å²) in [6.07, 6.45) is 1.98. The molecule has 0 aliphatic rings. The van der Waals surface area contributed by atoms with Crippen LogP contribution in [-0.2, 0) is 10.0 Å². The van der Waals surface area contributed by atoms with Gasteiger partial charge < -0.3 is 4.98 Å². The molecular weight excluding hydrogens is 320 g/mol. The molecule has 1 atom stereocenters. The lowest BCUT2D eigenvalue weighted by Gasteiger charge is -2.18. The van der Waals surface area contributed by atoms with Gasteiger partial charge >= 0.3 is 0 Å². The summed E-state index contributed by atoms with van der Waals surface area (Å²) in [5, 5.41) is 1.12. The van der Waals surface area contributed by atoms with Crippen LogP contribution in [0.1, 0.15) is 29.5 Å². The third kappa shape index (κ3) is 3.52. The van der Waals surface area contributed by atoms with Crippen molar-refractivity contribution in [2.45, 2.75) is 19.8 Å². The van der Waals surface area contributed by atoms with Gasteiger partial charge in [-0.05, 0) is 31.0 Å². The van der Waals surface area contributed by atoms with Crippen molar-refractivity contribution < 1.29 is 8.42 Å². The van der Waals surface area contributed by atoms with Crippen LogP contribution in [0.3, 0.4) is 0 Å². The normalized spacial score (nSPS) is 13.2. The minimum Gasteiger partial charge on any atom is -0.361 e. The second-order valence-corrected chi connectivity index (χ2v) is 8.10. The number of nitrogens with one attached hydrogen (secondary N) is 2. The zero-order valence-electron chi connectivity index (χ0n) is 13.9. The molecule has 0 aliphatic heterocycles. The summed E-state index contributed by atoms with van der Waals surface area (Å²) in [6.45, 7) is 4.04. The Bertz CT molecular complexity index is 927. The standard InChI is InChI=1S/C19H22N2O2S/c1-3-24(22,23)21-13-17(15-10-8-14(2)9-11-15)18-12-20-19-7-5-4-6-16(18)19/h4-12,17,20-21H,3,13H2,1-2H3. The van der Waals surface area contributed by atoms with E-state index in [4.69, 9.17) is 0 Å². The molecule has 3 rings (SSSR count). The maximum atomic E-state index is 11.9. The van der Waals surface area contributed by atoms with Crippen molar-refractivity contribution in [2.24, 2.45) is 0 Å². The highest BCUT2D eigenvalue weighted by molar-refractivity contribution is 7.89. The Hall–Kier alpha value is -2.11. The van der Waals surface area contributed by atoms with Gasteiger partial charge in [-0.15, -0.1) is 0 Å². The predicted molar refractivity (Wildman–Crippen MR) is 98.8 cm³/mol. The summed E-state index contributed by atoms with van der Waals surface area (Å²) in [7, 11) is -3.24. The second-order valence-electron chi connectivity index (χ2n) is 6.00. The van der Waals surface area contributed by atoms with Crippen molar-refractivity contribution in [1.82, 2.24) is 9.71 Å². The molecule has 0 spiro atoms. The number of hydrogen-bond acceptors (Lipinski definition) is 2. The molecular formula is C19H22N2O2S. The predicted octanol–water partition coefficient (Wildman–Crippen LogP) is 3.55. The van der Waals surface area contributed by atoms with Gasteiger partial charge in [0.15, 0.2) is 0 Å². The number of H-pyrrole nitrogens is 1. The van der Waals surface area contributed by atoms with Crippen molar-refractivity contribution in [2.75, 3.05) is 12.3 Å². The van der Waals surface area contributed by atoms with Crippen LogP contribution in [0.2, 0.25) is 0 Å². The average Bonchev–Trinajstić information content (AvgIpc) is 3.01. The molecule has 0 amide bonds. The lowest BCUT2D eigenvalue weighted by atomic mass is 9.90. The number of aryl methyl sites for hydroxylation is 1. The molecule has 1 unspecified atom stereocenters. The second kappa shape index (κ2) is 6.79. The molecule has 5 heteroatoms. The molecule has 0 saturated carbocycles. The van der Waals surface area contributed by atoms with Gasteiger partial charge in [0.2, 0.25) is 10.0 Å². The molecule has 2 N–H and O–H groups in total. The van der Waals surface area contributed by atoms with Gasteiger partial charge in [-0.2, -0.15) is 0 Å². The Morgan fingerprint density at radius 1 is 1.08 bits per heavy atom. The molecule has 3 aromatic rings. The van der Waals surface area contributed by atoms with Crippen LogP contribution in [0, 0.1) is 6.92 Å². The van der Waals surface area contributed by atoms with Crippen molar-refractivity contribution in [3.63, 3.8) is 0 Å². The number of para-hydroxylation sites is 1. The Kier molecular flexibility index (Phi) is 4.73. The third-order valence-corrected chi connectivity index (χ3v) is 5.73. The fraction of sp³-hybridized carbons (Fsp3) is 0.263. The maximum Gasteiger partial charge on any atom is 0.211 e. The zero-order chi connectivity index (χ0) is 17.2. The van der Waals surface area contributed by atoms with E-state index < -0.39 is 10.0 Å². The minimum atomic E-state index is -3.24. The first kappa shape index (κ1) is 16.7. The summed E-state index contributed by atoms with van der Waals surface area (Å²) in [4.78, 5) is 3.28. The molecule has 24 heavy (non-hydrogen) atoms. The first-order chi connectivity index (χ1) is 11.5. The van der Waals surface area contributed by atoms with E-state index >= 15 is 0 Å². The summed E-state index contributed by atoms with van der Waals surface area (Å²) >= 11 is 0. The van der Waals surface area contributed by atoms with Crippen molar-refractivity contribution in [3.8, 4) is 0 Å². The van der Waals surface area contributed by atoms with Gasteiger partial charge in [-0.25, -0.2) is 13.1 Å². The van der Waals surface area contributed by atoms with E-state index in [1.54, 1.807) is 6.92 Å². The number of aromatic nitrogens is 1. The minimum absolute atomic E-state index is 0.0388. The molecule has 4 nitrogen and oxygen atoms in total. The van der Waals surface area contributed by atoms with Crippen LogP contribution in [-0.4, -0.2) is 25.7 Å². The zero-order valence-corrected chi connectivity index (χ0v) is 14.7. The van der Waals surface area contributed by atoms with Gasteiger partial charge in [-0.3, -0.25) is 0 Å². The summed E-state index contributed by atoms with van der Waals surface area (Å²) in [5.41, 5.74) is 4.45. The molecule has 0 aliphatic carbocycles. The summed E-state index contributed by atoms with van der Waals surface area (Å²) in [6, 6.07) is 16.4. The van der Waals surface area contributed by atoms with Gasteiger partial charge in [0, 0.05) is 29.6 Å². The van der Waals surface area contributed by atoms with E-state index in [2.05, 4.69) is 40.0 Å². The Morgan fingerprint density at radius 3 is 2.50 bits per heavy atom. The highest BCUT2D eigenvalue weighted by atomic mass is 32.2. The van der Waals surface area contributed by atoms with E-state index in [9.17, 15) is 8.42 Å². The fourth-order valence-electron chi connectivity index (χ4n) is 2.90. The van der Waals surface area contributed by atoms with Crippen LogP contribution >= 0.6 is 0 Å². The number of hydrogen-bond donors (Lipinski definition) is 2. The lowest BCUT2D eigenvalue weighted by molar-refractivity contribution is 0.579. The smallest absolute Gasteiger partial charge is 0.211 e. The highest BCUT2D eigenvalue weighted by Crippen LogP contribution is 2.30. The number of aromatic amines is 1. The van der Waals surface area contributed by atoms with Gasteiger partial charge in [-0.1, -0.05) is 48.0 Å². The summed E-state index contributed by atoms with van der Waals surface area (Å²) in [5.74, 6) is 0.0460. The maximum absolute atomic E-state index is 11.9. The van der Waals surface area contributed by atoms with Crippen molar-refractivity contribution in [1.29, 1.82) is 0 Å². The number of rotatable bonds is 6. The van der Waals surface area contributed by atoms with E-state index in [0.29, 0.717) is 6.54 Å². The van der Waals surface area contributed by atoms with Crippen LogP contribution in [0.25, 0.3) is 10.9 Å². The van der Waals surface area contributed by atoms with E-state index in [1.807, 2.05) is 31.3 Å². The van der Waals surface area contributed by atoms with Crippen LogP contribution in [0.5, 0.6) is 0 Å². The van der Waals surface area contributed by atoms with Crippen molar-refractivity contribution >= 4 is 20.9 Å². The Labute approximate surface area is 143 Å². The van der Waals surface area contributed by atoms with Gasteiger partial charge in [0.25, 0.3) is 0 Å². The molecule has 0 radical (unpaired) electrons. The summed E-state index contributed by atoms with van der Waals surface area (Å²) < 4.78 is 26.5. The Balaban J connectivity index is 2.02. The highest BCUT2D eigenvalue weighted by Gasteiger charge is 2.20. The first-order valence-corrected chi connectivity index (χ1v) is 9.75. The first-order valence-electron chi connectivity index (χ1n) is 8.10.